The molecule has 1 N–H and O–H groups in total. The van der Waals surface area contributed by atoms with E-state index < -0.39 is 17.8 Å². The first-order valence-electron chi connectivity index (χ1n) is 8.61. The number of aromatic nitrogens is 3. The fourth-order valence-electron chi connectivity index (χ4n) is 2.85. The first kappa shape index (κ1) is 19.2. The molecule has 2 amide bonds. The highest BCUT2D eigenvalue weighted by Crippen LogP contribution is 2.37. The Labute approximate surface area is 173 Å². The Balaban J connectivity index is 1.87. The Hall–Kier alpha value is -3.18. The number of thiophene rings is 1. The third-order valence-electron chi connectivity index (χ3n) is 4.22. The third-order valence-corrected chi connectivity index (χ3v) is 6.16. The van der Waals surface area contributed by atoms with Crippen LogP contribution in [0.5, 0.6) is 0 Å². The zero-order chi connectivity index (χ0) is 20.7. The Morgan fingerprint density at radius 1 is 1.28 bits per heavy atom. The summed E-state index contributed by atoms with van der Waals surface area (Å²) in [6, 6.07) is 0. The predicted octanol–water partition coefficient (Wildman–Crippen LogP) is 2.94. The van der Waals surface area contributed by atoms with Crippen LogP contribution in [-0.4, -0.2) is 44.4 Å². The molecular formula is C18H15N5O4S2. The molecule has 29 heavy (non-hydrogen) atoms. The molecule has 0 bridgehead atoms. The van der Waals surface area contributed by atoms with Crippen LogP contribution in [0.25, 0.3) is 20.9 Å². The summed E-state index contributed by atoms with van der Waals surface area (Å²) >= 11 is 2.53. The van der Waals surface area contributed by atoms with Gasteiger partial charge in [0.2, 0.25) is 0 Å². The van der Waals surface area contributed by atoms with Crippen molar-refractivity contribution < 1.29 is 19.1 Å². The van der Waals surface area contributed by atoms with Gasteiger partial charge in [0.1, 0.15) is 9.71 Å². The van der Waals surface area contributed by atoms with Gasteiger partial charge in [-0.05, 0) is 26.3 Å². The predicted molar refractivity (Wildman–Crippen MR) is 108 cm³/mol. The van der Waals surface area contributed by atoms with E-state index in [1.165, 1.54) is 28.7 Å². The summed E-state index contributed by atoms with van der Waals surface area (Å²) in [6.07, 6.45) is 2.88. The van der Waals surface area contributed by atoms with Crippen LogP contribution in [0.15, 0.2) is 23.4 Å². The van der Waals surface area contributed by atoms with Gasteiger partial charge in [0.05, 0.1) is 22.4 Å². The van der Waals surface area contributed by atoms with Crippen LogP contribution in [0.3, 0.4) is 0 Å². The molecule has 4 heterocycles. The van der Waals surface area contributed by atoms with Gasteiger partial charge in [-0.3, -0.25) is 20.0 Å². The van der Waals surface area contributed by atoms with Crippen LogP contribution in [-0.2, 0) is 14.3 Å². The molecule has 0 aliphatic carbocycles. The maximum absolute atomic E-state index is 12.3. The van der Waals surface area contributed by atoms with Crippen molar-refractivity contribution in [1.82, 2.24) is 20.0 Å². The molecule has 4 rings (SSSR count). The number of nitrogens with zero attached hydrogens (tertiary/aromatic N) is 4. The first-order valence-corrected chi connectivity index (χ1v) is 10.3. The molecule has 0 atom stereocenters. The van der Waals surface area contributed by atoms with Gasteiger partial charge in [-0.1, -0.05) is 0 Å². The average molecular weight is 429 g/mol. The molecule has 0 spiro atoms. The molecule has 1 aliphatic heterocycles. The number of ether oxygens (including phenoxy) is 1. The smallest absolute Gasteiger partial charge is 0.348 e. The highest BCUT2D eigenvalue weighted by molar-refractivity contribution is 7.20. The van der Waals surface area contributed by atoms with Gasteiger partial charge >= 0.3 is 5.97 Å². The zero-order valence-electron chi connectivity index (χ0n) is 15.7. The second-order valence-electron chi connectivity index (χ2n) is 6.14. The molecule has 0 aromatic carbocycles. The molecule has 3 aromatic rings. The molecule has 9 nitrogen and oxygen atoms in total. The van der Waals surface area contributed by atoms with Crippen molar-refractivity contribution in [1.29, 1.82) is 0 Å². The van der Waals surface area contributed by atoms with Gasteiger partial charge in [-0.25, -0.2) is 14.8 Å². The van der Waals surface area contributed by atoms with Gasteiger partial charge in [0, 0.05) is 17.8 Å². The van der Waals surface area contributed by atoms with E-state index in [9.17, 15) is 14.4 Å². The molecule has 0 fully saturated rings. The number of nitrogens with one attached hydrogen (secondary N) is 1. The molecule has 3 aromatic heterocycles. The SMILES string of the molecule is CCOC(=O)c1sc2nc(-c3cncs3)nc(NN3C(=O)C=C(C)C3=O)c2c1C. The van der Waals surface area contributed by atoms with Gasteiger partial charge in [-0.15, -0.1) is 22.7 Å². The molecule has 0 radical (unpaired) electrons. The summed E-state index contributed by atoms with van der Waals surface area (Å²) in [7, 11) is 0. The average Bonchev–Trinajstić information content (AvgIpc) is 3.38. The molecule has 148 valence electrons. The number of anilines is 1. The van der Waals surface area contributed by atoms with Crippen LogP contribution in [0.4, 0.5) is 5.82 Å². The van der Waals surface area contributed by atoms with Gasteiger partial charge in [0.15, 0.2) is 11.6 Å². The minimum absolute atomic E-state index is 0.247. The van der Waals surface area contributed by atoms with Gasteiger partial charge in [-0.2, -0.15) is 5.01 Å². The topological polar surface area (TPSA) is 114 Å². The number of aryl methyl sites for hydroxylation is 1. The number of fused-ring (bicyclic) bond motifs is 1. The van der Waals surface area contributed by atoms with E-state index >= 15 is 0 Å². The Kier molecular flexibility index (Phi) is 4.84. The van der Waals surface area contributed by atoms with Crippen molar-refractivity contribution in [2.75, 3.05) is 12.0 Å². The second kappa shape index (κ2) is 7.33. The fraction of sp³-hybridized carbons (Fsp3) is 0.222. The van der Waals surface area contributed by atoms with Crippen LogP contribution in [0.2, 0.25) is 0 Å². The number of hydrazine groups is 1. The summed E-state index contributed by atoms with van der Waals surface area (Å²) in [4.78, 5) is 51.6. The van der Waals surface area contributed by atoms with Crippen LogP contribution in [0, 0.1) is 6.92 Å². The number of hydrogen-bond acceptors (Lipinski definition) is 10. The molecule has 11 heteroatoms. The van der Waals surface area contributed by atoms with Crippen molar-refractivity contribution in [3.8, 4) is 10.7 Å². The minimum Gasteiger partial charge on any atom is -0.462 e. The Morgan fingerprint density at radius 3 is 2.69 bits per heavy atom. The lowest BCUT2D eigenvalue weighted by molar-refractivity contribution is -0.135. The van der Waals surface area contributed by atoms with E-state index in [0.29, 0.717) is 36.9 Å². The van der Waals surface area contributed by atoms with E-state index in [-0.39, 0.29) is 12.4 Å². The van der Waals surface area contributed by atoms with Crippen molar-refractivity contribution >= 4 is 56.5 Å². The summed E-state index contributed by atoms with van der Waals surface area (Å²) in [5, 5.41) is 1.45. The minimum atomic E-state index is -0.489. The van der Waals surface area contributed by atoms with Crippen molar-refractivity contribution in [3.63, 3.8) is 0 Å². The van der Waals surface area contributed by atoms with Crippen LogP contribution in [0.1, 0.15) is 29.1 Å². The lowest BCUT2D eigenvalue weighted by Gasteiger charge is -2.17. The number of carbonyl (C=O) groups is 3. The largest absolute Gasteiger partial charge is 0.462 e. The van der Waals surface area contributed by atoms with E-state index in [4.69, 9.17) is 4.74 Å². The first-order chi connectivity index (χ1) is 13.9. The normalized spacial score (nSPS) is 13.9. The van der Waals surface area contributed by atoms with E-state index in [1.54, 1.807) is 32.5 Å². The number of esters is 1. The number of carbonyl (C=O) groups excluding carboxylic acids is 3. The van der Waals surface area contributed by atoms with Crippen LogP contribution < -0.4 is 5.43 Å². The van der Waals surface area contributed by atoms with E-state index in [1.807, 2.05) is 0 Å². The number of thiazole rings is 1. The molecule has 0 unspecified atom stereocenters. The lowest BCUT2D eigenvalue weighted by Crippen LogP contribution is -2.36. The second-order valence-corrected chi connectivity index (χ2v) is 8.02. The monoisotopic (exact) mass is 429 g/mol. The standard InChI is InChI=1S/C18H15N5O4S2/c1-4-27-18(26)13-9(3)12-15(22-23-11(24)5-8(2)17(23)25)20-14(21-16(12)29-13)10-6-19-7-28-10/h5-7H,4H2,1-3H3,(H,20,21,22). The summed E-state index contributed by atoms with van der Waals surface area (Å²) in [5.41, 5.74) is 5.40. The lowest BCUT2D eigenvalue weighted by atomic mass is 10.2. The van der Waals surface area contributed by atoms with Crippen molar-refractivity contribution in [2.24, 2.45) is 0 Å². The number of amides is 2. The van der Waals surface area contributed by atoms with Gasteiger partial charge < -0.3 is 4.74 Å². The number of rotatable bonds is 5. The molecule has 0 saturated carbocycles. The Morgan fingerprint density at radius 2 is 2.07 bits per heavy atom. The summed E-state index contributed by atoms with van der Waals surface area (Å²) in [6.45, 7) is 5.30. The maximum Gasteiger partial charge on any atom is 0.348 e. The highest BCUT2D eigenvalue weighted by Gasteiger charge is 2.31. The quantitative estimate of drug-likeness (QED) is 0.486. The van der Waals surface area contributed by atoms with Gasteiger partial charge in [0.25, 0.3) is 11.8 Å². The number of imide groups is 1. The fourth-order valence-corrected chi connectivity index (χ4v) is 4.48. The third kappa shape index (κ3) is 3.28. The highest BCUT2D eigenvalue weighted by atomic mass is 32.1. The molecule has 0 saturated heterocycles. The van der Waals surface area contributed by atoms with Crippen molar-refractivity contribution in [3.05, 3.63) is 33.8 Å². The number of hydrogen-bond donors (Lipinski definition) is 1. The van der Waals surface area contributed by atoms with Crippen LogP contribution >= 0.6 is 22.7 Å². The van der Waals surface area contributed by atoms with E-state index in [2.05, 4.69) is 20.4 Å². The summed E-state index contributed by atoms with van der Waals surface area (Å²) < 4.78 is 5.13. The van der Waals surface area contributed by atoms with Crippen molar-refractivity contribution in [2.45, 2.75) is 20.8 Å². The summed E-state index contributed by atoms with van der Waals surface area (Å²) in [5.74, 6) is -0.767. The maximum atomic E-state index is 12.3. The molecular weight excluding hydrogens is 414 g/mol. The Bertz CT molecular complexity index is 1180. The zero-order valence-corrected chi connectivity index (χ0v) is 17.3. The van der Waals surface area contributed by atoms with E-state index in [0.717, 1.165) is 5.01 Å². The molecule has 1 aliphatic rings.